The van der Waals surface area contributed by atoms with Gasteiger partial charge < -0.3 is 14.8 Å². The van der Waals surface area contributed by atoms with E-state index in [1.807, 2.05) is 13.0 Å². The van der Waals surface area contributed by atoms with Crippen LogP contribution in [0.3, 0.4) is 0 Å². The van der Waals surface area contributed by atoms with Crippen molar-refractivity contribution in [3.63, 3.8) is 0 Å². The van der Waals surface area contributed by atoms with Gasteiger partial charge >= 0.3 is 0 Å². The maximum atomic E-state index is 13.6. The molecule has 112 valence electrons. The van der Waals surface area contributed by atoms with E-state index < -0.39 is 11.6 Å². The van der Waals surface area contributed by atoms with Gasteiger partial charge in [-0.3, -0.25) is 0 Å². The summed E-state index contributed by atoms with van der Waals surface area (Å²) < 4.78 is 37.2. The van der Waals surface area contributed by atoms with E-state index >= 15 is 0 Å². The molecule has 0 atom stereocenters. The van der Waals surface area contributed by atoms with Crippen LogP contribution in [0.5, 0.6) is 11.5 Å². The molecule has 0 aliphatic rings. The fraction of sp³-hybridized carbons (Fsp3) is 0.250. The monoisotopic (exact) mass is 293 g/mol. The average Bonchev–Trinajstić information content (AvgIpc) is 2.49. The van der Waals surface area contributed by atoms with Gasteiger partial charge in [0.15, 0.2) is 23.1 Å². The highest BCUT2D eigenvalue weighted by Gasteiger charge is 2.10. The standard InChI is InChI=1S/C16H17F2NO2/c1-10-7-14(20-2)15(21-3)8-13(10)19-9-11-5-4-6-12(17)16(11)18/h4-8,19H,9H2,1-3H3. The minimum absolute atomic E-state index is 0.180. The first-order valence-electron chi connectivity index (χ1n) is 6.46. The normalized spacial score (nSPS) is 10.3. The lowest BCUT2D eigenvalue weighted by Crippen LogP contribution is -2.05. The van der Waals surface area contributed by atoms with Crippen LogP contribution in [0, 0.1) is 18.6 Å². The summed E-state index contributed by atoms with van der Waals surface area (Å²) in [5.41, 5.74) is 1.96. The second-order valence-corrected chi connectivity index (χ2v) is 4.59. The fourth-order valence-corrected chi connectivity index (χ4v) is 2.05. The zero-order valence-corrected chi connectivity index (χ0v) is 12.2. The van der Waals surface area contributed by atoms with E-state index in [4.69, 9.17) is 9.47 Å². The molecule has 0 aliphatic carbocycles. The number of nitrogens with one attached hydrogen (secondary N) is 1. The van der Waals surface area contributed by atoms with Gasteiger partial charge in [-0.25, -0.2) is 8.78 Å². The second kappa shape index (κ2) is 6.43. The summed E-state index contributed by atoms with van der Waals surface area (Å²) >= 11 is 0. The lowest BCUT2D eigenvalue weighted by molar-refractivity contribution is 0.355. The quantitative estimate of drug-likeness (QED) is 0.907. The van der Waals surface area contributed by atoms with Crippen LogP contribution in [0.2, 0.25) is 0 Å². The highest BCUT2D eigenvalue weighted by Crippen LogP contribution is 2.33. The van der Waals surface area contributed by atoms with Crippen molar-refractivity contribution >= 4 is 5.69 Å². The van der Waals surface area contributed by atoms with Crippen LogP contribution in [0.15, 0.2) is 30.3 Å². The maximum absolute atomic E-state index is 13.6. The summed E-state index contributed by atoms with van der Waals surface area (Å²) in [6.45, 7) is 2.08. The Morgan fingerprint density at radius 2 is 1.71 bits per heavy atom. The molecule has 0 saturated heterocycles. The number of halogens is 2. The first-order chi connectivity index (χ1) is 10.1. The fourth-order valence-electron chi connectivity index (χ4n) is 2.05. The van der Waals surface area contributed by atoms with Gasteiger partial charge in [0.25, 0.3) is 0 Å². The van der Waals surface area contributed by atoms with Crippen molar-refractivity contribution in [2.45, 2.75) is 13.5 Å². The lowest BCUT2D eigenvalue weighted by atomic mass is 10.1. The van der Waals surface area contributed by atoms with Crippen LogP contribution >= 0.6 is 0 Å². The second-order valence-electron chi connectivity index (χ2n) is 4.59. The SMILES string of the molecule is COc1cc(C)c(NCc2cccc(F)c2F)cc1OC. The van der Waals surface area contributed by atoms with E-state index in [1.165, 1.54) is 6.07 Å². The Bertz CT molecular complexity index is 644. The van der Waals surface area contributed by atoms with E-state index in [0.29, 0.717) is 11.5 Å². The van der Waals surface area contributed by atoms with Gasteiger partial charge in [0, 0.05) is 23.9 Å². The zero-order valence-electron chi connectivity index (χ0n) is 12.2. The number of anilines is 1. The Morgan fingerprint density at radius 1 is 1.05 bits per heavy atom. The molecule has 1 N–H and O–H groups in total. The van der Waals surface area contributed by atoms with E-state index in [9.17, 15) is 8.78 Å². The van der Waals surface area contributed by atoms with Crippen LogP contribution < -0.4 is 14.8 Å². The molecule has 0 saturated carbocycles. The number of methoxy groups -OCH3 is 2. The van der Waals surface area contributed by atoms with Crippen molar-refractivity contribution in [2.24, 2.45) is 0 Å². The third-order valence-electron chi connectivity index (χ3n) is 3.23. The number of aryl methyl sites for hydroxylation is 1. The van der Waals surface area contributed by atoms with Crippen LogP contribution in [-0.4, -0.2) is 14.2 Å². The summed E-state index contributed by atoms with van der Waals surface area (Å²) in [4.78, 5) is 0. The lowest BCUT2D eigenvalue weighted by Gasteiger charge is -2.14. The van der Waals surface area contributed by atoms with Gasteiger partial charge in [-0.05, 0) is 24.6 Å². The molecule has 0 bridgehead atoms. The van der Waals surface area contributed by atoms with Crippen molar-refractivity contribution in [1.29, 1.82) is 0 Å². The van der Waals surface area contributed by atoms with Crippen LogP contribution in [-0.2, 0) is 6.54 Å². The van der Waals surface area contributed by atoms with Crippen LogP contribution in [0.4, 0.5) is 14.5 Å². The van der Waals surface area contributed by atoms with Crippen molar-refractivity contribution < 1.29 is 18.3 Å². The first-order valence-corrected chi connectivity index (χ1v) is 6.46. The van der Waals surface area contributed by atoms with Gasteiger partial charge in [-0.2, -0.15) is 0 Å². The Kier molecular flexibility index (Phi) is 4.62. The highest BCUT2D eigenvalue weighted by atomic mass is 19.2. The minimum atomic E-state index is -0.849. The summed E-state index contributed by atoms with van der Waals surface area (Å²) in [7, 11) is 3.11. The number of hydrogen-bond donors (Lipinski definition) is 1. The summed E-state index contributed by atoms with van der Waals surface area (Å²) in [6.07, 6.45) is 0. The molecule has 0 fully saturated rings. The first kappa shape index (κ1) is 15.1. The van der Waals surface area contributed by atoms with Gasteiger partial charge in [0.05, 0.1) is 14.2 Å². The van der Waals surface area contributed by atoms with Crippen LogP contribution in [0.25, 0.3) is 0 Å². The van der Waals surface area contributed by atoms with E-state index in [1.54, 1.807) is 26.4 Å². The molecule has 0 aliphatic heterocycles. The summed E-state index contributed by atoms with van der Waals surface area (Å²) in [5.74, 6) is -0.482. The van der Waals surface area contributed by atoms with Gasteiger partial charge in [0.2, 0.25) is 0 Å². The van der Waals surface area contributed by atoms with Gasteiger partial charge in [0.1, 0.15) is 0 Å². The molecule has 0 unspecified atom stereocenters. The zero-order chi connectivity index (χ0) is 15.4. The largest absolute Gasteiger partial charge is 0.493 e. The van der Waals surface area contributed by atoms with Crippen molar-refractivity contribution in [3.8, 4) is 11.5 Å². The topological polar surface area (TPSA) is 30.5 Å². The summed E-state index contributed by atoms with van der Waals surface area (Å²) in [6, 6.07) is 7.72. The van der Waals surface area contributed by atoms with Gasteiger partial charge in [-0.15, -0.1) is 0 Å². The number of hydrogen-bond acceptors (Lipinski definition) is 3. The van der Waals surface area contributed by atoms with E-state index in [0.717, 1.165) is 17.3 Å². The van der Waals surface area contributed by atoms with Crippen LogP contribution in [0.1, 0.15) is 11.1 Å². The van der Waals surface area contributed by atoms with Crippen molar-refractivity contribution in [3.05, 3.63) is 53.1 Å². The number of rotatable bonds is 5. The maximum Gasteiger partial charge on any atom is 0.163 e. The third kappa shape index (κ3) is 3.24. The van der Waals surface area contributed by atoms with E-state index in [-0.39, 0.29) is 12.1 Å². The van der Waals surface area contributed by atoms with Crippen molar-refractivity contribution in [1.82, 2.24) is 0 Å². The Balaban J connectivity index is 2.22. The molecule has 2 aromatic rings. The highest BCUT2D eigenvalue weighted by molar-refractivity contribution is 5.60. The molecule has 0 heterocycles. The molecular formula is C16H17F2NO2. The molecule has 21 heavy (non-hydrogen) atoms. The molecule has 2 aromatic carbocycles. The van der Waals surface area contributed by atoms with E-state index in [2.05, 4.69) is 5.32 Å². The molecule has 0 radical (unpaired) electrons. The number of benzene rings is 2. The molecule has 3 nitrogen and oxygen atoms in total. The molecule has 0 aromatic heterocycles. The Hall–Kier alpha value is -2.30. The van der Waals surface area contributed by atoms with Crippen molar-refractivity contribution in [2.75, 3.05) is 19.5 Å². The summed E-state index contributed by atoms with van der Waals surface area (Å²) in [5, 5.41) is 3.08. The molecule has 0 spiro atoms. The molecule has 2 rings (SSSR count). The smallest absolute Gasteiger partial charge is 0.163 e. The third-order valence-corrected chi connectivity index (χ3v) is 3.23. The molecule has 5 heteroatoms. The Labute approximate surface area is 122 Å². The number of ether oxygens (including phenoxy) is 2. The predicted molar refractivity (Wildman–Crippen MR) is 78.0 cm³/mol. The average molecular weight is 293 g/mol. The predicted octanol–water partition coefficient (Wildman–Crippen LogP) is 3.90. The molecular weight excluding hydrogens is 276 g/mol. The Morgan fingerprint density at radius 3 is 2.38 bits per heavy atom. The minimum Gasteiger partial charge on any atom is -0.493 e. The molecule has 0 amide bonds. The van der Waals surface area contributed by atoms with Gasteiger partial charge in [-0.1, -0.05) is 12.1 Å².